The highest BCUT2D eigenvalue weighted by Crippen LogP contribution is 2.32. The van der Waals surface area contributed by atoms with Gasteiger partial charge >= 0.3 is 0 Å². The van der Waals surface area contributed by atoms with Crippen molar-refractivity contribution in [2.24, 2.45) is 0 Å². The maximum absolute atomic E-state index is 13.2. The predicted octanol–water partition coefficient (Wildman–Crippen LogP) is 4.73. The van der Waals surface area contributed by atoms with E-state index in [-0.39, 0.29) is 0 Å². The molecule has 3 nitrogen and oxygen atoms in total. The Hall–Kier alpha value is -1.77. The summed E-state index contributed by atoms with van der Waals surface area (Å²) in [5.74, 6) is 0.110. The molecule has 0 amide bonds. The fourth-order valence-corrected chi connectivity index (χ4v) is 2.80. The minimum atomic E-state index is -0.405. The second-order valence-corrected chi connectivity index (χ2v) is 5.51. The Morgan fingerprint density at radius 1 is 1.38 bits per heavy atom. The summed E-state index contributed by atoms with van der Waals surface area (Å²) in [4.78, 5) is 0. The average Bonchev–Trinajstić information content (AvgIpc) is 2.45. The summed E-state index contributed by atoms with van der Waals surface area (Å²) >= 11 is 9.27. The second-order valence-electron chi connectivity index (χ2n) is 4.24. The van der Waals surface area contributed by atoms with Gasteiger partial charge in [0.15, 0.2) is 0 Å². The van der Waals surface area contributed by atoms with Crippen LogP contribution in [0.15, 0.2) is 34.8 Å². The maximum atomic E-state index is 13.2. The zero-order valence-corrected chi connectivity index (χ0v) is 13.4. The summed E-state index contributed by atoms with van der Waals surface area (Å²) in [6.45, 7) is 0.464. The molecule has 0 bridgehead atoms. The first-order chi connectivity index (χ1) is 10.0. The largest absolute Gasteiger partial charge is 0.495 e. The summed E-state index contributed by atoms with van der Waals surface area (Å²) in [6, 6.07) is 9.93. The fraction of sp³-hybridized carbons (Fsp3) is 0.133. The van der Waals surface area contributed by atoms with Gasteiger partial charge in [-0.2, -0.15) is 5.26 Å². The number of nitrogens with one attached hydrogen (secondary N) is 1. The monoisotopic (exact) mass is 368 g/mol. The van der Waals surface area contributed by atoms with Gasteiger partial charge < -0.3 is 10.1 Å². The Bertz CT molecular complexity index is 692. The van der Waals surface area contributed by atoms with Gasteiger partial charge in [0.2, 0.25) is 0 Å². The third kappa shape index (κ3) is 3.66. The lowest BCUT2D eigenvalue weighted by molar-refractivity contribution is 0.413. The summed E-state index contributed by atoms with van der Waals surface area (Å²) in [6.07, 6.45) is 0. The molecule has 0 aromatic heterocycles. The Kier molecular flexibility index (Phi) is 5.05. The van der Waals surface area contributed by atoms with Crippen LogP contribution in [-0.4, -0.2) is 7.11 Å². The van der Waals surface area contributed by atoms with Crippen LogP contribution < -0.4 is 10.1 Å². The second kappa shape index (κ2) is 6.79. The number of rotatable bonds is 4. The van der Waals surface area contributed by atoms with Crippen molar-refractivity contribution in [3.63, 3.8) is 0 Å². The summed E-state index contributed by atoms with van der Waals surface area (Å²) < 4.78 is 18.9. The predicted molar refractivity (Wildman–Crippen MR) is 84.1 cm³/mol. The highest BCUT2D eigenvalue weighted by atomic mass is 79.9. The molecule has 21 heavy (non-hydrogen) atoms. The number of nitrogens with zero attached hydrogens (tertiary/aromatic N) is 1. The molecule has 1 N–H and O–H groups in total. The number of hydrogen-bond acceptors (Lipinski definition) is 3. The highest BCUT2D eigenvalue weighted by molar-refractivity contribution is 9.10. The number of nitriles is 1. The fourth-order valence-electron chi connectivity index (χ4n) is 1.84. The number of ether oxygens (including phenoxy) is 1. The zero-order chi connectivity index (χ0) is 15.4. The van der Waals surface area contributed by atoms with Crippen LogP contribution in [-0.2, 0) is 6.54 Å². The SMILES string of the molecule is COc1cc(CNc2c(Cl)cc(F)cc2Br)ccc1C#N. The first kappa shape index (κ1) is 15.6. The molecule has 0 saturated carbocycles. The quantitative estimate of drug-likeness (QED) is 0.847. The van der Waals surface area contributed by atoms with Crippen molar-refractivity contribution in [2.45, 2.75) is 6.54 Å². The third-order valence-electron chi connectivity index (χ3n) is 2.86. The van der Waals surface area contributed by atoms with Crippen molar-refractivity contribution >= 4 is 33.2 Å². The van der Waals surface area contributed by atoms with Gasteiger partial charge in [0.1, 0.15) is 17.6 Å². The molecule has 108 valence electrons. The van der Waals surface area contributed by atoms with Crippen LogP contribution in [0.1, 0.15) is 11.1 Å². The zero-order valence-electron chi connectivity index (χ0n) is 11.1. The van der Waals surface area contributed by atoms with Crippen molar-refractivity contribution in [3.05, 3.63) is 56.8 Å². The van der Waals surface area contributed by atoms with Crippen molar-refractivity contribution in [1.29, 1.82) is 5.26 Å². The molecule has 2 aromatic rings. The average molecular weight is 370 g/mol. The molecule has 0 saturated heterocycles. The summed E-state index contributed by atoms with van der Waals surface area (Å²) in [5.41, 5.74) is 2.00. The minimum Gasteiger partial charge on any atom is -0.495 e. The molecule has 6 heteroatoms. The highest BCUT2D eigenvalue weighted by Gasteiger charge is 2.09. The number of halogens is 3. The molecule has 0 fully saturated rings. The van der Waals surface area contributed by atoms with E-state index in [1.165, 1.54) is 19.2 Å². The first-order valence-electron chi connectivity index (χ1n) is 6.00. The van der Waals surface area contributed by atoms with E-state index in [1.54, 1.807) is 12.1 Å². The van der Waals surface area contributed by atoms with Crippen LogP contribution >= 0.6 is 27.5 Å². The van der Waals surface area contributed by atoms with Crippen LogP contribution in [0.5, 0.6) is 5.75 Å². The van der Waals surface area contributed by atoms with E-state index in [4.69, 9.17) is 21.6 Å². The Labute approximate surface area is 135 Å². The van der Waals surface area contributed by atoms with E-state index >= 15 is 0 Å². The van der Waals surface area contributed by atoms with E-state index < -0.39 is 5.82 Å². The van der Waals surface area contributed by atoms with Crippen molar-refractivity contribution in [2.75, 3.05) is 12.4 Å². The van der Waals surface area contributed by atoms with Gasteiger partial charge in [0, 0.05) is 11.0 Å². The van der Waals surface area contributed by atoms with Gasteiger partial charge in [-0.25, -0.2) is 4.39 Å². The topological polar surface area (TPSA) is 45.0 Å². The Morgan fingerprint density at radius 2 is 2.14 bits per heavy atom. The standard InChI is InChI=1S/C15H11BrClFN2O/c1-21-14-4-9(2-3-10(14)7-19)8-20-15-12(16)5-11(18)6-13(15)17/h2-6,20H,8H2,1H3. The maximum Gasteiger partial charge on any atom is 0.136 e. The normalized spacial score (nSPS) is 10.0. The molecule has 0 unspecified atom stereocenters. The lowest BCUT2D eigenvalue weighted by atomic mass is 10.1. The molecule has 0 aliphatic rings. The Balaban J connectivity index is 2.19. The minimum absolute atomic E-state index is 0.294. The first-order valence-corrected chi connectivity index (χ1v) is 7.17. The molecule has 0 heterocycles. The molecule has 0 atom stereocenters. The van der Waals surface area contributed by atoms with Gasteiger partial charge in [0.25, 0.3) is 0 Å². The van der Waals surface area contributed by atoms with Crippen LogP contribution in [0.3, 0.4) is 0 Å². The number of methoxy groups -OCH3 is 1. The summed E-state index contributed by atoms with van der Waals surface area (Å²) in [7, 11) is 1.51. The van der Waals surface area contributed by atoms with Gasteiger partial charge in [0.05, 0.1) is 23.4 Å². The molecule has 2 aromatic carbocycles. The van der Waals surface area contributed by atoms with Crippen LogP contribution in [0.25, 0.3) is 0 Å². The molecule has 0 aliphatic carbocycles. The van der Waals surface area contributed by atoms with Crippen LogP contribution in [0.2, 0.25) is 5.02 Å². The molecule has 0 aliphatic heterocycles. The number of hydrogen-bond donors (Lipinski definition) is 1. The van der Waals surface area contributed by atoms with Gasteiger partial charge in [-0.3, -0.25) is 0 Å². The number of benzene rings is 2. The molecular formula is C15H11BrClFN2O. The van der Waals surface area contributed by atoms with Crippen LogP contribution in [0, 0.1) is 17.1 Å². The van der Waals surface area contributed by atoms with Crippen molar-refractivity contribution in [1.82, 2.24) is 0 Å². The van der Waals surface area contributed by atoms with Crippen LogP contribution in [0.4, 0.5) is 10.1 Å². The van der Waals surface area contributed by atoms with E-state index in [1.807, 2.05) is 6.07 Å². The van der Waals surface area contributed by atoms with Crippen molar-refractivity contribution < 1.29 is 9.13 Å². The molecule has 2 rings (SSSR count). The number of anilines is 1. The molecule has 0 radical (unpaired) electrons. The van der Waals surface area contributed by atoms with Crippen molar-refractivity contribution in [3.8, 4) is 11.8 Å². The van der Waals surface area contributed by atoms with E-state index in [0.717, 1.165) is 5.56 Å². The third-order valence-corrected chi connectivity index (χ3v) is 3.79. The van der Waals surface area contributed by atoms with Gasteiger partial charge in [-0.15, -0.1) is 0 Å². The molecule has 0 spiro atoms. The summed E-state index contributed by atoms with van der Waals surface area (Å²) in [5, 5.41) is 12.4. The lowest BCUT2D eigenvalue weighted by Crippen LogP contribution is -2.02. The van der Waals surface area contributed by atoms with E-state index in [2.05, 4.69) is 27.3 Å². The van der Waals surface area contributed by atoms with Gasteiger partial charge in [-0.1, -0.05) is 17.7 Å². The molecular weight excluding hydrogens is 359 g/mol. The van der Waals surface area contributed by atoms with Gasteiger partial charge in [-0.05, 0) is 45.8 Å². The van der Waals surface area contributed by atoms with E-state index in [0.29, 0.717) is 33.0 Å². The lowest BCUT2D eigenvalue weighted by Gasteiger charge is -2.12. The van der Waals surface area contributed by atoms with E-state index in [9.17, 15) is 4.39 Å². The smallest absolute Gasteiger partial charge is 0.136 e. The Morgan fingerprint density at radius 3 is 2.76 bits per heavy atom.